The minimum atomic E-state index is -2.96. The second kappa shape index (κ2) is 6.90. The van der Waals surface area contributed by atoms with E-state index in [-0.39, 0.29) is 17.4 Å². The number of sulfone groups is 1. The zero-order chi connectivity index (χ0) is 20.6. The van der Waals surface area contributed by atoms with Crippen molar-refractivity contribution in [2.24, 2.45) is 29.6 Å². The Morgan fingerprint density at radius 1 is 0.900 bits per heavy atom. The van der Waals surface area contributed by atoms with Crippen molar-refractivity contribution in [3.05, 3.63) is 0 Å². The lowest BCUT2D eigenvalue weighted by molar-refractivity contribution is -0.390. The van der Waals surface area contributed by atoms with Gasteiger partial charge in [0.05, 0.1) is 11.5 Å². The Hall–Kier alpha value is -0.700. The molecule has 0 aromatic carbocycles. The smallest absolute Gasteiger partial charge is 0.222 e. The van der Waals surface area contributed by atoms with Gasteiger partial charge in [-0.3, -0.25) is 4.79 Å². The molecule has 2 saturated heterocycles. The van der Waals surface area contributed by atoms with Gasteiger partial charge < -0.3 is 9.64 Å². The van der Waals surface area contributed by atoms with Crippen molar-refractivity contribution in [3.8, 4) is 0 Å². The number of nitrogens with zero attached hydrogens (tertiary/aromatic N) is 1. The first-order valence-electron chi connectivity index (χ1n) is 11.9. The van der Waals surface area contributed by atoms with Gasteiger partial charge in [-0.05, 0) is 62.7 Å². The van der Waals surface area contributed by atoms with Crippen molar-refractivity contribution in [2.45, 2.75) is 75.8 Å². The van der Waals surface area contributed by atoms with E-state index in [0.29, 0.717) is 37.3 Å². The van der Waals surface area contributed by atoms with Crippen LogP contribution in [-0.2, 0) is 29.1 Å². The SMILES string of the molecule is O=C(CC1CCC2(CC1)OOC1(O2)C2CC3CC(C2)CC1C3)N1CCS(=O)(=O)CC1. The van der Waals surface area contributed by atoms with Gasteiger partial charge in [0.1, 0.15) is 0 Å². The molecule has 0 N–H and O–H groups in total. The van der Waals surface area contributed by atoms with Gasteiger partial charge in [-0.2, -0.15) is 9.78 Å². The van der Waals surface area contributed by atoms with Crippen molar-refractivity contribution < 1.29 is 27.7 Å². The van der Waals surface area contributed by atoms with E-state index in [1.165, 1.54) is 32.1 Å². The third-order valence-electron chi connectivity index (χ3n) is 8.97. The summed E-state index contributed by atoms with van der Waals surface area (Å²) < 4.78 is 29.9. The van der Waals surface area contributed by atoms with E-state index < -0.39 is 21.4 Å². The molecule has 7 aliphatic rings. The van der Waals surface area contributed by atoms with E-state index in [0.717, 1.165) is 37.5 Å². The molecular formula is C22H33NO6S. The fourth-order valence-electron chi connectivity index (χ4n) is 7.45. The van der Waals surface area contributed by atoms with Gasteiger partial charge in [0.2, 0.25) is 17.5 Å². The van der Waals surface area contributed by atoms with Gasteiger partial charge in [0.15, 0.2) is 9.84 Å². The second-order valence-corrected chi connectivity index (χ2v) is 13.2. The minimum Gasteiger partial charge on any atom is -0.341 e. The van der Waals surface area contributed by atoms with E-state index >= 15 is 0 Å². The monoisotopic (exact) mass is 439 g/mol. The van der Waals surface area contributed by atoms with E-state index in [9.17, 15) is 13.2 Å². The lowest BCUT2D eigenvalue weighted by atomic mass is 9.53. The molecule has 5 saturated carbocycles. The van der Waals surface area contributed by atoms with Gasteiger partial charge in [-0.15, -0.1) is 0 Å². The normalized spacial score (nSPS) is 49.2. The van der Waals surface area contributed by atoms with E-state index in [2.05, 4.69) is 0 Å². The second-order valence-electron chi connectivity index (χ2n) is 10.9. The first-order chi connectivity index (χ1) is 14.3. The van der Waals surface area contributed by atoms with Crippen LogP contribution < -0.4 is 0 Å². The summed E-state index contributed by atoms with van der Waals surface area (Å²) >= 11 is 0. The van der Waals surface area contributed by atoms with Gasteiger partial charge in [0.25, 0.3) is 0 Å². The summed E-state index contributed by atoms with van der Waals surface area (Å²) in [5.74, 6) is 2.10. The predicted molar refractivity (Wildman–Crippen MR) is 108 cm³/mol. The lowest BCUT2D eigenvalue weighted by Gasteiger charge is -2.57. The summed E-state index contributed by atoms with van der Waals surface area (Å²) in [6, 6.07) is 0. The fourth-order valence-corrected chi connectivity index (χ4v) is 8.66. The molecule has 2 aliphatic heterocycles. The topological polar surface area (TPSA) is 82.1 Å². The summed E-state index contributed by atoms with van der Waals surface area (Å²) in [6.07, 6.45) is 10.1. The number of carbonyl (C=O) groups is 1. The molecule has 0 aromatic rings. The van der Waals surface area contributed by atoms with E-state index in [1.807, 2.05) is 0 Å². The molecule has 0 radical (unpaired) electrons. The average Bonchev–Trinajstić information content (AvgIpc) is 3.08. The number of hydrogen-bond donors (Lipinski definition) is 0. The molecule has 0 unspecified atom stereocenters. The molecule has 168 valence electrons. The Balaban J connectivity index is 1.05. The van der Waals surface area contributed by atoms with Gasteiger partial charge in [0, 0.05) is 44.2 Å². The lowest BCUT2D eigenvalue weighted by Crippen LogP contribution is -2.59. The van der Waals surface area contributed by atoms with Crippen LogP contribution in [0.15, 0.2) is 0 Å². The minimum absolute atomic E-state index is 0.0906. The van der Waals surface area contributed by atoms with Crippen molar-refractivity contribution in [2.75, 3.05) is 24.6 Å². The van der Waals surface area contributed by atoms with Crippen LogP contribution >= 0.6 is 0 Å². The summed E-state index contributed by atoms with van der Waals surface area (Å²) in [4.78, 5) is 26.4. The number of rotatable bonds is 2. The molecule has 2 heterocycles. The zero-order valence-corrected chi connectivity index (χ0v) is 18.4. The third-order valence-corrected chi connectivity index (χ3v) is 10.6. The fraction of sp³-hybridized carbons (Fsp3) is 0.955. The summed E-state index contributed by atoms with van der Waals surface area (Å²) in [6.45, 7) is 0.677. The van der Waals surface area contributed by atoms with Crippen LogP contribution in [0.4, 0.5) is 0 Å². The highest BCUT2D eigenvalue weighted by atomic mass is 32.2. The predicted octanol–water partition coefficient (Wildman–Crippen LogP) is 2.65. The molecule has 0 aromatic heterocycles. The molecule has 1 amide bonds. The molecule has 7 nitrogen and oxygen atoms in total. The van der Waals surface area contributed by atoms with Crippen LogP contribution in [0.5, 0.6) is 0 Å². The Morgan fingerprint density at radius 2 is 1.50 bits per heavy atom. The average molecular weight is 440 g/mol. The van der Waals surface area contributed by atoms with Crippen LogP contribution in [0.1, 0.15) is 64.2 Å². The highest BCUT2D eigenvalue weighted by Gasteiger charge is 2.66. The van der Waals surface area contributed by atoms with Crippen LogP contribution in [0.3, 0.4) is 0 Å². The molecule has 7 fully saturated rings. The van der Waals surface area contributed by atoms with Crippen LogP contribution in [0, 0.1) is 29.6 Å². The largest absolute Gasteiger partial charge is 0.341 e. The maximum atomic E-state index is 12.6. The van der Waals surface area contributed by atoms with Gasteiger partial charge in [-0.1, -0.05) is 0 Å². The standard InChI is InChI=1S/C22H33NO6S/c24-20(23-5-7-30(25,26)8-6-23)14-15-1-3-21(4-2-15)27-22(29-28-21)18-10-16-9-17(12-18)13-19(22)11-16/h15-19H,1-14H2. The van der Waals surface area contributed by atoms with E-state index in [4.69, 9.17) is 14.5 Å². The van der Waals surface area contributed by atoms with Crippen molar-refractivity contribution in [3.63, 3.8) is 0 Å². The number of ether oxygens (including phenoxy) is 1. The van der Waals surface area contributed by atoms with Gasteiger partial charge in [-0.25, -0.2) is 8.42 Å². The van der Waals surface area contributed by atoms with Crippen LogP contribution in [-0.4, -0.2) is 55.4 Å². The molecule has 30 heavy (non-hydrogen) atoms. The van der Waals surface area contributed by atoms with Crippen LogP contribution in [0.2, 0.25) is 0 Å². The molecule has 8 heteroatoms. The van der Waals surface area contributed by atoms with Crippen molar-refractivity contribution in [1.82, 2.24) is 4.90 Å². The summed E-state index contributed by atoms with van der Waals surface area (Å²) in [5.41, 5.74) is 0. The number of amides is 1. The third kappa shape index (κ3) is 3.24. The molecule has 5 aliphatic carbocycles. The Labute approximate surface area is 178 Å². The summed E-state index contributed by atoms with van der Waals surface area (Å²) in [7, 11) is -2.96. The molecule has 4 bridgehead atoms. The van der Waals surface area contributed by atoms with Gasteiger partial charge >= 0.3 is 0 Å². The van der Waals surface area contributed by atoms with Crippen LogP contribution in [0.25, 0.3) is 0 Å². The number of hydrogen-bond acceptors (Lipinski definition) is 6. The highest BCUT2D eigenvalue weighted by molar-refractivity contribution is 7.91. The molecule has 0 atom stereocenters. The highest BCUT2D eigenvalue weighted by Crippen LogP contribution is 2.63. The Bertz CT molecular complexity index is 775. The zero-order valence-electron chi connectivity index (χ0n) is 17.6. The maximum Gasteiger partial charge on any atom is 0.222 e. The maximum absolute atomic E-state index is 12.6. The molecule has 2 spiro atoms. The van der Waals surface area contributed by atoms with Crippen molar-refractivity contribution >= 4 is 15.7 Å². The first kappa shape index (κ1) is 19.9. The molecular weight excluding hydrogens is 406 g/mol. The quantitative estimate of drug-likeness (QED) is 0.615. The first-order valence-corrected chi connectivity index (χ1v) is 13.7. The Morgan fingerprint density at radius 3 is 2.10 bits per heavy atom. The number of carbonyl (C=O) groups excluding carboxylic acids is 1. The van der Waals surface area contributed by atoms with E-state index in [1.54, 1.807) is 4.90 Å². The molecule has 7 rings (SSSR count). The van der Waals surface area contributed by atoms with Crippen molar-refractivity contribution in [1.29, 1.82) is 0 Å². The Kier molecular flexibility index (Phi) is 4.59. The summed E-state index contributed by atoms with van der Waals surface area (Å²) in [5, 5.41) is 0.